The summed E-state index contributed by atoms with van der Waals surface area (Å²) in [5.41, 5.74) is 4.00. The second-order valence-corrected chi connectivity index (χ2v) is 9.95. The van der Waals surface area contributed by atoms with Gasteiger partial charge in [0, 0.05) is 13.6 Å². The molecule has 0 radical (unpaired) electrons. The zero-order valence-corrected chi connectivity index (χ0v) is 20.5. The molecule has 0 aliphatic rings. The second kappa shape index (κ2) is 10.6. The molecule has 0 aliphatic heterocycles. The van der Waals surface area contributed by atoms with E-state index in [0.29, 0.717) is 12.1 Å². The predicted octanol–water partition coefficient (Wildman–Crippen LogP) is 2.93. The summed E-state index contributed by atoms with van der Waals surface area (Å²) in [6.45, 7) is 7.27. The summed E-state index contributed by atoms with van der Waals surface area (Å²) >= 11 is 0. The molecule has 0 aromatic heterocycles. The van der Waals surface area contributed by atoms with Crippen LogP contribution in [0.4, 0.5) is 5.69 Å². The Morgan fingerprint density at radius 1 is 1.03 bits per heavy atom. The number of carbonyl (C=O) groups is 2. The fourth-order valence-electron chi connectivity index (χ4n) is 3.64. The minimum absolute atomic E-state index is 0.210. The molecule has 2 rings (SSSR count). The van der Waals surface area contributed by atoms with Crippen LogP contribution in [0.15, 0.2) is 42.5 Å². The van der Waals surface area contributed by atoms with Gasteiger partial charge in [-0.3, -0.25) is 13.9 Å². The molecular formula is C24H33N3O4S. The number of sulfonamides is 1. The summed E-state index contributed by atoms with van der Waals surface area (Å²) in [5, 5.41) is 2.62. The Morgan fingerprint density at radius 2 is 1.69 bits per heavy atom. The van der Waals surface area contributed by atoms with Crippen LogP contribution in [0.1, 0.15) is 35.6 Å². The fraction of sp³-hybridized carbons (Fsp3) is 0.417. The van der Waals surface area contributed by atoms with Crippen LogP contribution in [0.2, 0.25) is 0 Å². The highest BCUT2D eigenvalue weighted by Crippen LogP contribution is 2.25. The van der Waals surface area contributed by atoms with Crippen LogP contribution < -0.4 is 9.62 Å². The lowest BCUT2D eigenvalue weighted by molar-refractivity contribution is -0.140. The molecule has 0 unspecified atom stereocenters. The Bertz CT molecular complexity index is 1080. The number of nitrogens with one attached hydrogen (secondary N) is 1. The first-order chi connectivity index (χ1) is 15.0. The molecule has 0 bridgehead atoms. The molecule has 32 heavy (non-hydrogen) atoms. The van der Waals surface area contributed by atoms with Crippen molar-refractivity contribution in [1.82, 2.24) is 10.2 Å². The lowest BCUT2D eigenvalue weighted by Crippen LogP contribution is -2.51. The summed E-state index contributed by atoms with van der Waals surface area (Å²) in [7, 11) is -2.21. The highest BCUT2D eigenvalue weighted by atomic mass is 32.2. The Hall–Kier alpha value is -2.87. The van der Waals surface area contributed by atoms with Gasteiger partial charge in [0.15, 0.2) is 0 Å². The molecular weight excluding hydrogens is 426 g/mol. The van der Waals surface area contributed by atoms with E-state index in [-0.39, 0.29) is 19.0 Å². The van der Waals surface area contributed by atoms with Crippen LogP contribution in [-0.2, 0) is 26.2 Å². The van der Waals surface area contributed by atoms with Crippen LogP contribution in [-0.4, -0.2) is 51.0 Å². The highest BCUT2D eigenvalue weighted by molar-refractivity contribution is 7.92. The number of carbonyl (C=O) groups excluding carboxylic acids is 2. The lowest BCUT2D eigenvalue weighted by Gasteiger charge is -2.33. The Morgan fingerprint density at radius 3 is 2.25 bits per heavy atom. The number of likely N-dealkylation sites (N-methyl/N-ethyl adjacent to an activating group) is 1. The molecule has 2 aromatic rings. The highest BCUT2D eigenvalue weighted by Gasteiger charge is 2.31. The molecule has 0 spiro atoms. The lowest BCUT2D eigenvalue weighted by atomic mass is 10.1. The Kier molecular flexibility index (Phi) is 8.44. The average Bonchev–Trinajstić information content (AvgIpc) is 2.73. The van der Waals surface area contributed by atoms with Crippen molar-refractivity contribution in [3.05, 3.63) is 64.7 Å². The van der Waals surface area contributed by atoms with Gasteiger partial charge >= 0.3 is 0 Å². The first-order valence-corrected chi connectivity index (χ1v) is 12.4. The zero-order chi connectivity index (χ0) is 24.1. The number of hydrogen-bond donors (Lipinski definition) is 1. The van der Waals surface area contributed by atoms with E-state index in [1.807, 2.05) is 64.1 Å². The minimum atomic E-state index is -3.74. The van der Waals surface area contributed by atoms with Gasteiger partial charge in [0.1, 0.15) is 12.6 Å². The standard InChI is InChI=1S/C24H33N3O4S/c1-7-21(24(29)25-5)26(15-20-11-9-8-10-18(20)3)23(28)16-27(32(6,30)31)22-14-17(2)12-13-19(22)4/h8-14,21H,7,15-16H2,1-6H3,(H,25,29)/t21-/m0/s1. The molecule has 1 atom stereocenters. The van der Waals surface area contributed by atoms with Gasteiger partial charge in [0.05, 0.1) is 11.9 Å². The quantitative estimate of drug-likeness (QED) is 0.625. The third-order valence-corrected chi connectivity index (χ3v) is 6.67. The molecule has 0 fully saturated rings. The van der Waals surface area contributed by atoms with Crippen molar-refractivity contribution in [3.8, 4) is 0 Å². The van der Waals surface area contributed by atoms with Gasteiger partial charge in [-0.25, -0.2) is 8.42 Å². The predicted molar refractivity (Wildman–Crippen MR) is 128 cm³/mol. The summed E-state index contributed by atoms with van der Waals surface area (Å²) < 4.78 is 26.5. The molecule has 8 heteroatoms. The molecule has 0 heterocycles. The first kappa shape index (κ1) is 25.4. The maximum Gasteiger partial charge on any atom is 0.244 e. The van der Waals surface area contributed by atoms with Crippen molar-refractivity contribution in [2.45, 2.75) is 46.7 Å². The number of benzene rings is 2. The largest absolute Gasteiger partial charge is 0.357 e. The van der Waals surface area contributed by atoms with E-state index in [9.17, 15) is 18.0 Å². The number of nitrogens with zero attached hydrogens (tertiary/aromatic N) is 2. The maximum absolute atomic E-state index is 13.5. The van der Waals surface area contributed by atoms with Crippen molar-refractivity contribution in [3.63, 3.8) is 0 Å². The summed E-state index contributed by atoms with van der Waals surface area (Å²) in [4.78, 5) is 27.6. The zero-order valence-electron chi connectivity index (χ0n) is 19.7. The van der Waals surface area contributed by atoms with E-state index in [1.165, 1.54) is 11.9 Å². The van der Waals surface area contributed by atoms with Gasteiger partial charge < -0.3 is 10.2 Å². The van der Waals surface area contributed by atoms with E-state index in [2.05, 4.69) is 5.32 Å². The second-order valence-electron chi connectivity index (χ2n) is 8.05. The first-order valence-electron chi connectivity index (χ1n) is 10.6. The number of hydrogen-bond acceptors (Lipinski definition) is 4. The van der Waals surface area contributed by atoms with Gasteiger partial charge in [-0.1, -0.05) is 43.3 Å². The summed E-state index contributed by atoms with van der Waals surface area (Å²) in [6.07, 6.45) is 1.49. The molecule has 0 saturated heterocycles. The van der Waals surface area contributed by atoms with Crippen LogP contribution in [0, 0.1) is 20.8 Å². The Balaban J connectivity index is 2.49. The van der Waals surface area contributed by atoms with E-state index in [1.54, 1.807) is 6.07 Å². The van der Waals surface area contributed by atoms with E-state index < -0.39 is 22.0 Å². The molecule has 0 saturated carbocycles. The van der Waals surface area contributed by atoms with Crippen molar-refractivity contribution < 1.29 is 18.0 Å². The summed E-state index contributed by atoms with van der Waals surface area (Å²) in [5.74, 6) is -0.720. The van der Waals surface area contributed by atoms with E-state index in [0.717, 1.165) is 32.8 Å². The molecule has 1 N–H and O–H groups in total. The molecule has 174 valence electrons. The van der Waals surface area contributed by atoms with Gasteiger partial charge in [0.2, 0.25) is 21.8 Å². The molecule has 0 aliphatic carbocycles. The smallest absolute Gasteiger partial charge is 0.244 e. The molecule has 2 amide bonds. The topological polar surface area (TPSA) is 86.8 Å². The van der Waals surface area contributed by atoms with Crippen molar-refractivity contribution in [1.29, 1.82) is 0 Å². The summed E-state index contributed by atoms with van der Waals surface area (Å²) in [6, 6.07) is 12.4. The van der Waals surface area contributed by atoms with Crippen LogP contribution >= 0.6 is 0 Å². The third-order valence-electron chi connectivity index (χ3n) is 5.55. The molecule has 2 aromatic carbocycles. The number of anilines is 1. The van der Waals surface area contributed by atoms with Gasteiger partial charge in [-0.05, 0) is 55.5 Å². The maximum atomic E-state index is 13.5. The number of amides is 2. The van der Waals surface area contributed by atoms with E-state index >= 15 is 0 Å². The van der Waals surface area contributed by atoms with Gasteiger partial charge in [0.25, 0.3) is 0 Å². The minimum Gasteiger partial charge on any atom is -0.357 e. The average molecular weight is 460 g/mol. The van der Waals surface area contributed by atoms with Crippen molar-refractivity contribution >= 4 is 27.5 Å². The number of aryl methyl sites for hydroxylation is 3. The fourth-order valence-corrected chi connectivity index (χ4v) is 4.54. The monoisotopic (exact) mass is 459 g/mol. The third kappa shape index (κ3) is 6.09. The number of rotatable bonds is 9. The van der Waals surface area contributed by atoms with Gasteiger partial charge in [-0.2, -0.15) is 0 Å². The van der Waals surface area contributed by atoms with Crippen molar-refractivity contribution in [2.75, 3.05) is 24.2 Å². The molecule has 7 nitrogen and oxygen atoms in total. The van der Waals surface area contributed by atoms with E-state index in [4.69, 9.17) is 0 Å². The van der Waals surface area contributed by atoms with Gasteiger partial charge in [-0.15, -0.1) is 0 Å². The van der Waals surface area contributed by atoms with Crippen LogP contribution in [0.3, 0.4) is 0 Å². The Labute approximate surface area is 191 Å². The van der Waals surface area contributed by atoms with Crippen molar-refractivity contribution in [2.24, 2.45) is 0 Å². The normalized spacial score (nSPS) is 12.2. The van der Waals surface area contributed by atoms with Crippen LogP contribution in [0.5, 0.6) is 0 Å². The van der Waals surface area contributed by atoms with Crippen LogP contribution in [0.25, 0.3) is 0 Å². The SMILES string of the molecule is CC[C@@H](C(=O)NC)N(Cc1ccccc1C)C(=O)CN(c1cc(C)ccc1C)S(C)(=O)=O.